The summed E-state index contributed by atoms with van der Waals surface area (Å²) < 4.78 is 33.5. The number of anilines is 2. The maximum absolute atomic E-state index is 12.9. The maximum Gasteiger partial charge on any atom is 0.291 e. The zero-order valence-corrected chi connectivity index (χ0v) is 17.4. The predicted molar refractivity (Wildman–Crippen MR) is 118 cm³/mol. The van der Waals surface area contributed by atoms with Crippen LogP contribution in [0.4, 0.5) is 11.4 Å². The molecule has 0 saturated carbocycles. The van der Waals surface area contributed by atoms with E-state index in [1.807, 2.05) is 6.07 Å². The molecule has 0 atom stereocenters. The van der Waals surface area contributed by atoms with Gasteiger partial charge in [-0.25, -0.2) is 8.42 Å². The second-order valence-electron chi connectivity index (χ2n) is 6.59. The third-order valence-electron chi connectivity index (χ3n) is 4.60. The number of aryl methyl sites for hydroxylation is 1. The van der Waals surface area contributed by atoms with Crippen molar-refractivity contribution in [2.24, 2.45) is 0 Å². The van der Waals surface area contributed by atoms with Crippen molar-refractivity contribution in [3.63, 3.8) is 0 Å². The number of hydrogen-bond donors (Lipinski definition) is 2. The molecule has 3 aromatic carbocycles. The molecule has 8 heteroatoms. The van der Waals surface area contributed by atoms with Crippen LogP contribution in [-0.2, 0) is 10.0 Å². The summed E-state index contributed by atoms with van der Waals surface area (Å²) in [6.07, 6.45) is 0. The van der Waals surface area contributed by atoms with Gasteiger partial charge in [-0.3, -0.25) is 9.52 Å². The van der Waals surface area contributed by atoms with Crippen LogP contribution in [0.25, 0.3) is 11.0 Å². The van der Waals surface area contributed by atoms with E-state index in [-0.39, 0.29) is 16.3 Å². The summed E-state index contributed by atoms with van der Waals surface area (Å²) in [5, 5.41) is 3.87. The van der Waals surface area contributed by atoms with Gasteiger partial charge >= 0.3 is 0 Å². The Hall–Kier alpha value is -3.29. The normalized spacial score (nSPS) is 11.4. The van der Waals surface area contributed by atoms with E-state index >= 15 is 0 Å². The lowest BCUT2D eigenvalue weighted by Crippen LogP contribution is -2.17. The number of halogens is 1. The molecular formula is C22H17ClN2O4S. The SMILES string of the molecule is Cc1c(C(=O)Nc2ccccc2NS(=O)(=O)c2ccccc2)oc2c(Cl)cccc12. The molecule has 0 fully saturated rings. The molecular weight excluding hydrogens is 424 g/mol. The molecule has 1 amide bonds. The van der Waals surface area contributed by atoms with Gasteiger partial charge in [0.25, 0.3) is 15.9 Å². The summed E-state index contributed by atoms with van der Waals surface area (Å²) in [5.41, 5.74) is 1.61. The number of hydrogen-bond acceptors (Lipinski definition) is 4. The fourth-order valence-electron chi connectivity index (χ4n) is 3.09. The van der Waals surface area contributed by atoms with Gasteiger partial charge < -0.3 is 9.73 Å². The number of carbonyl (C=O) groups excluding carboxylic acids is 1. The third kappa shape index (κ3) is 3.77. The van der Waals surface area contributed by atoms with Crippen LogP contribution < -0.4 is 10.0 Å². The molecule has 30 heavy (non-hydrogen) atoms. The first kappa shape index (κ1) is 20.0. The van der Waals surface area contributed by atoms with Crippen molar-refractivity contribution in [2.45, 2.75) is 11.8 Å². The fourth-order valence-corrected chi connectivity index (χ4v) is 4.40. The molecule has 0 spiro atoms. The topological polar surface area (TPSA) is 88.4 Å². The van der Waals surface area contributed by atoms with Crippen LogP contribution in [-0.4, -0.2) is 14.3 Å². The molecule has 1 aromatic heterocycles. The number of nitrogens with one attached hydrogen (secondary N) is 2. The Balaban J connectivity index is 1.65. The van der Waals surface area contributed by atoms with Crippen molar-refractivity contribution in [3.05, 3.63) is 89.1 Å². The summed E-state index contributed by atoms with van der Waals surface area (Å²) in [4.78, 5) is 13.0. The number of amides is 1. The largest absolute Gasteiger partial charge is 0.449 e. The Labute approximate surface area is 178 Å². The quantitative estimate of drug-likeness (QED) is 0.432. The molecule has 0 bridgehead atoms. The highest BCUT2D eigenvalue weighted by atomic mass is 35.5. The van der Waals surface area contributed by atoms with Gasteiger partial charge in [-0.1, -0.05) is 54.1 Å². The lowest BCUT2D eigenvalue weighted by atomic mass is 10.1. The molecule has 0 aliphatic carbocycles. The highest BCUT2D eigenvalue weighted by Crippen LogP contribution is 2.32. The van der Waals surface area contributed by atoms with E-state index < -0.39 is 15.9 Å². The van der Waals surface area contributed by atoms with E-state index in [4.69, 9.17) is 16.0 Å². The molecule has 4 aromatic rings. The van der Waals surface area contributed by atoms with Crippen LogP contribution in [0, 0.1) is 6.92 Å². The molecule has 0 unspecified atom stereocenters. The van der Waals surface area contributed by atoms with Crippen molar-refractivity contribution in [1.82, 2.24) is 0 Å². The molecule has 6 nitrogen and oxygen atoms in total. The Kier molecular flexibility index (Phi) is 5.24. The zero-order valence-electron chi connectivity index (χ0n) is 15.8. The highest BCUT2D eigenvalue weighted by Gasteiger charge is 2.21. The zero-order chi connectivity index (χ0) is 21.3. The van der Waals surface area contributed by atoms with Crippen molar-refractivity contribution < 1.29 is 17.6 Å². The van der Waals surface area contributed by atoms with E-state index in [9.17, 15) is 13.2 Å². The van der Waals surface area contributed by atoms with Gasteiger partial charge in [-0.05, 0) is 37.3 Å². The number of carbonyl (C=O) groups is 1. The minimum atomic E-state index is -3.81. The fraction of sp³-hybridized carbons (Fsp3) is 0.0455. The van der Waals surface area contributed by atoms with Gasteiger partial charge in [-0.2, -0.15) is 0 Å². The van der Waals surface area contributed by atoms with Crippen molar-refractivity contribution in [3.8, 4) is 0 Å². The minimum absolute atomic E-state index is 0.110. The molecule has 0 radical (unpaired) electrons. The molecule has 2 N–H and O–H groups in total. The molecule has 1 heterocycles. The van der Waals surface area contributed by atoms with Crippen LogP contribution >= 0.6 is 11.6 Å². The highest BCUT2D eigenvalue weighted by molar-refractivity contribution is 7.92. The maximum atomic E-state index is 12.9. The van der Waals surface area contributed by atoms with E-state index in [0.29, 0.717) is 21.9 Å². The Morgan fingerprint density at radius 3 is 2.27 bits per heavy atom. The summed E-state index contributed by atoms with van der Waals surface area (Å²) >= 11 is 6.16. The monoisotopic (exact) mass is 440 g/mol. The Morgan fingerprint density at radius 1 is 0.900 bits per heavy atom. The van der Waals surface area contributed by atoms with Gasteiger partial charge in [0.15, 0.2) is 11.3 Å². The van der Waals surface area contributed by atoms with Gasteiger partial charge in [0.05, 0.1) is 21.3 Å². The predicted octanol–water partition coefficient (Wildman–Crippen LogP) is 5.45. The molecule has 0 aliphatic rings. The van der Waals surface area contributed by atoms with Gasteiger partial charge in [0.1, 0.15) is 0 Å². The number of rotatable bonds is 5. The standard InChI is InChI=1S/C22H17ClN2O4S/c1-14-16-10-7-11-17(23)21(16)29-20(14)22(26)24-18-12-5-6-13-19(18)25-30(27,28)15-8-3-2-4-9-15/h2-13,25H,1H3,(H,24,26). The van der Waals surface area contributed by atoms with Crippen molar-refractivity contribution in [1.29, 1.82) is 0 Å². The van der Waals surface area contributed by atoms with Gasteiger partial charge in [0.2, 0.25) is 0 Å². The van der Waals surface area contributed by atoms with Crippen LogP contribution in [0.3, 0.4) is 0 Å². The van der Waals surface area contributed by atoms with Crippen molar-refractivity contribution in [2.75, 3.05) is 10.0 Å². The van der Waals surface area contributed by atoms with E-state index in [1.165, 1.54) is 12.1 Å². The van der Waals surface area contributed by atoms with Crippen LogP contribution in [0.1, 0.15) is 16.1 Å². The number of benzene rings is 3. The lowest BCUT2D eigenvalue weighted by molar-refractivity contribution is 0.0998. The summed E-state index contributed by atoms with van der Waals surface area (Å²) in [6, 6.07) is 19.8. The Morgan fingerprint density at radius 2 is 1.57 bits per heavy atom. The first-order valence-corrected chi connectivity index (χ1v) is 10.9. The van der Waals surface area contributed by atoms with Crippen LogP contribution in [0.15, 0.2) is 82.1 Å². The molecule has 0 aliphatic heterocycles. The lowest BCUT2D eigenvalue weighted by Gasteiger charge is -2.13. The smallest absolute Gasteiger partial charge is 0.291 e. The number of para-hydroxylation sites is 3. The Bertz CT molecular complexity index is 1350. The average Bonchev–Trinajstić information content (AvgIpc) is 3.08. The van der Waals surface area contributed by atoms with Crippen LogP contribution in [0.5, 0.6) is 0 Å². The number of fused-ring (bicyclic) bond motifs is 1. The average molecular weight is 441 g/mol. The second kappa shape index (κ2) is 7.85. The first-order chi connectivity index (χ1) is 14.4. The van der Waals surface area contributed by atoms with E-state index in [2.05, 4.69) is 10.0 Å². The minimum Gasteiger partial charge on any atom is -0.449 e. The molecule has 0 saturated heterocycles. The molecule has 4 rings (SSSR count). The molecule has 152 valence electrons. The first-order valence-electron chi connectivity index (χ1n) is 9.02. The summed E-state index contributed by atoms with van der Waals surface area (Å²) in [6.45, 7) is 1.76. The number of furan rings is 1. The van der Waals surface area contributed by atoms with Crippen LogP contribution in [0.2, 0.25) is 5.02 Å². The van der Waals surface area contributed by atoms with Crippen molar-refractivity contribution >= 4 is 49.9 Å². The second-order valence-corrected chi connectivity index (χ2v) is 8.68. The van der Waals surface area contributed by atoms with E-state index in [1.54, 1.807) is 61.5 Å². The van der Waals surface area contributed by atoms with Gasteiger partial charge in [-0.15, -0.1) is 0 Å². The van der Waals surface area contributed by atoms with Gasteiger partial charge in [0, 0.05) is 10.9 Å². The third-order valence-corrected chi connectivity index (χ3v) is 6.27. The van der Waals surface area contributed by atoms with E-state index in [0.717, 1.165) is 5.39 Å². The number of sulfonamides is 1. The summed E-state index contributed by atoms with van der Waals surface area (Å²) in [5.74, 6) is -0.398. The summed E-state index contributed by atoms with van der Waals surface area (Å²) in [7, 11) is -3.81.